The maximum absolute atomic E-state index is 7.57. The maximum atomic E-state index is 7.57. The first-order valence-electron chi connectivity index (χ1n) is 5.44. The van der Waals surface area contributed by atoms with E-state index in [1.54, 1.807) is 6.92 Å². The highest BCUT2D eigenvalue weighted by molar-refractivity contribution is 6.35. The quantitative estimate of drug-likeness (QED) is 0.482. The van der Waals surface area contributed by atoms with Gasteiger partial charge >= 0.3 is 0 Å². The van der Waals surface area contributed by atoms with Crippen LogP contribution in [0.4, 0.5) is 0 Å². The van der Waals surface area contributed by atoms with Crippen LogP contribution in [0, 0.1) is 0 Å². The predicted octanol–water partition coefficient (Wildman–Crippen LogP) is 2.86. The smallest absolute Gasteiger partial charge is 0.120 e. The molecule has 74 valence electrons. The number of aliphatic hydroxyl groups excluding tert-OH is 1. The summed E-state index contributed by atoms with van der Waals surface area (Å²) in [6, 6.07) is 0. The molecule has 0 unspecified atom stereocenters. The first kappa shape index (κ1) is 14.5. The fraction of sp³-hybridized carbons (Fsp3) is 1.00. The maximum Gasteiger partial charge on any atom is 0.120 e. The van der Waals surface area contributed by atoms with Crippen LogP contribution >= 0.6 is 0 Å². The fourth-order valence-corrected chi connectivity index (χ4v) is 1.03. The molecule has 0 aliphatic carbocycles. The van der Waals surface area contributed by atoms with Crippen LogP contribution in [0.3, 0.4) is 0 Å². The van der Waals surface area contributed by atoms with Crippen molar-refractivity contribution < 1.29 is 5.11 Å². The molecule has 0 bridgehead atoms. The third kappa shape index (κ3) is 22.5. The lowest BCUT2D eigenvalue weighted by molar-refractivity contribution is 0.318. The van der Waals surface area contributed by atoms with E-state index in [9.17, 15) is 0 Å². The van der Waals surface area contributed by atoms with Gasteiger partial charge in [-0.1, -0.05) is 52.2 Å². The van der Waals surface area contributed by atoms with Gasteiger partial charge in [0.15, 0.2) is 0 Å². The molecule has 0 aromatic carbocycles. The highest BCUT2D eigenvalue weighted by Gasteiger charge is 1.88. The van der Waals surface area contributed by atoms with E-state index in [-0.39, 0.29) is 6.61 Å². The second kappa shape index (κ2) is 17.2. The van der Waals surface area contributed by atoms with Crippen LogP contribution in [-0.2, 0) is 0 Å². The molecular weight excluding hydrogens is 147 g/mol. The molecule has 0 saturated carbocycles. The van der Waals surface area contributed by atoms with E-state index in [0.717, 1.165) is 0 Å². The lowest BCUT2D eigenvalue weighted by Gasteiger charge is -1.93. The molecule has 0 fully saturated rings. The van der Waals surface area contributed by atoms with Gasteiger partial charge in [0.25, 0.3) is 0 Å². The summed E-state index contributed by atoms with van der Waals surface area (Å²) in [4.78, 5) is 0. The van der Waals surface area contributed by atoms with Crippen molar-refractivity contribution in [3.8, 4) is 0 Å². The monoisotopic (exact) mass is 172 g/mol. The number of hydrogen-bond donors (Lipinski definition) is 1. The standard InChI is InChI=1S/C8H19B.C2H6O/c1-3-5-7-9-8-6-4-2;1-2-3/h9H,3-8H2,1-2H3;3H,2H2,1H3. The summed E-state index contributed by atoms with van der Waals surface area (Å²) in [6.07, 6.45) is 8.51. The van der Waals surface area contributed by atoms with Gasteiger partial charge in [0.1, 0.15) is 7.28 Å². The van der Waals surface area contributed by atoms with Gasteiger partial charge in [0.2, 0.25) is 0 Å². The molecule has 0 aliphatic heterocycles. The van der Waals surface area contributed by atoms with E-state index in [1.165, 1.54) is 45.6 Å². The van der Waals surface area contributed by atoms with Crippen LogP contribution in [0.2, 0.25) is 12.6 Å². The van der Waals surface area contributed by atoms with E-state index in [0.29, 0.717) is 0 Å². The van der Waals surface area contributed by atoms with E-state index in [1.807, 2.05) is 0 Å². The average molecular weight is 172 g/mol. The van der Waals surface area contributed by atoms with Crippen LogP contribution in [0.25, 0.3) is 0 Å². The molecule has 0 amide bonds. The summed E-state index contributed by atoms with van der Waals surface area (Å²) in [5.41, 5.74) is 0. The van der Waals surface area contributed by atoms with Crippen LogP contribution in [0.15, 0.2) is 0 Å². The highest BCUT2D eigenvalue weighted by Crippen LogP contribution is 1.99. The van der Waals surface area contributed by atoms with Gasteiger partial charge in [0.05, 0.1) is 0 Å². The summed E-state index contributed by atoms with van der Waals surface area (Å²) in [5, 5.41) is 7.57. The first-order valence-corrected chi connectivity index (χ1v) is 5.44. The molecule has 0 aliphatic rings. The normalized spacial score (nSPS) is 8.67. The van der Waals surface area contributed by atoms with Crippen molar-refractivity contribution in [2.24, 2.45) is 0 Å². The van der Waals surface area contributed by atoms with Gasteiger partial charge < -0.3 is 5.11 Å². The Bertz CT molecular complexity index is 51.8. The molecular formula is C10H25BO. The number of hydrogen-bond acceptors (Lipinski definition) is 1. The second-order valence-corrected chi connectivity index (χ2v) is 3.08. The fourth-order valence-electron chi connectivity index (χ4n) is 1.03. The number of rotatable bonds is 6. The average Bonchev–Trinajstić information content (AvgIpc) is 2.06. The molecule has 0 aromatic rings. The van der Waals surface area contributed by atoms with Gasteiger partial charge in [-0.05, 0) is 6.92 Å². The molecule has 0 spiro atoms. The SMILES string of the molecule is CCCCBCCCC.CCO. The van der Waals surface area contributed by atoms with Crippen molar-refractivity contribution in [3.05, 3.63) is 0 Å². The Morgan fingerprint density at radius 2 is 1.25 bits per heavy atom. The molecule has 0 heterocycles. The van der Waals surface area contributed by atoms with E-state index >= 15 is 0 Å². The van der Waals surface area contributed by atoms with Crippen molar-refractivity contribution in [2.45, 2.75) is 59.1 Å². The molecule has 2 heteroatoms. The van der Waals surface area contributed by atoms with Crippen LogP contribution in [0.1, 0.15) is 46.5 Å². The minimum Gasteiger partial charge on any atom is -0.397 e. The third-order valence-electron chi connectivity index (χ3n) is 1.71. The van der Waals surface area contributed by atoms with E-state index in [2.05, 4.69) is 13.8 Å². The predicted molar refractivity (Wildman–Crippen MR) is 59.3 cm³/mol. The summed E-state index contributed by atoms with van der Waals surface area (Å²) in [5.74, 6) is 0. The van der Waals surface area contributed by atoms with Gasteiger partial charge in [-0.25, -0.2) is 0 Å². The molecule has 0 saturated heterocycles. The number of unbranched alkanes of at least 4 members (excludes halogenated alkanes) is 2. The first-order chi connectivity index (χ1) is 5.83. The minimum absolute atomic E-state index is 0.250. The van der Waals surface area contributed by atoms with Gasteiger partial charge in [-0.15, -0.1) is 0 Å². The van der Waals surface area contributed by atoms with Crippen LogP contribution in [0.5, 0.6) is 0 Å². The largest absolute Gasteiger partial charge is 0.397 e. The Labute approximate surface area is 78.8 Å². The molecule has 1 nitrogen and oxygen atoms in total. The molecule has 0 aromatic heterocycles. The van der Waals surface area contributed by atoms with Gasteiger partial charge in [0, 0.05) is 6.61 Å². The number of aliphatic hydroxyl groups is 1. The zero-order chi connectivity index (χ0) is 9.66. The third-order valence-corrected chi connectivity index (χ3v) is 1.71. The molecule has 0 rings (SSSR count). The minimum atomic E-state index is 0.250. The molecule has 1 N–H and O–H groups in total. The Kier molecular flexibility index (Phi) is 20.9. The van der Waals surface area contributed by atoms with Crippen molar-refractivity contribution in [1.29, 1.82) is 0 Å². The topological polar surface area (TPSA) is 20.2 Å². The van der Waals surface area contributed by atoms with Gasteiger partial charge in [-0.3, -0.25) is 0 Å². The van der Waals surface area contributed by atoms with Gasteiger partial charge in [-0.2, -0.15) is 0 Å². The highest BCUT2D eigenvalue weighted by atomic mass is 16.2. The Balaban J connectivity index is 0. The van der Waals surface area contributed by atoms with E-state index < -0.39 is 0 Å². The van der Waals surface area contributed by atoms with Crippen LogP contribution < -0.4 is 0 Å². The Morgan fingerprint density at radius 3 is 1.50 bits per heavy atom. The Hall–Kier alpha value is 0.0249. The van der Waals surface area contributed by atoms with Crippen molar-refractivity contribution in [1.82, 2.24) is 0 Å². The summed E-state index contributed by atoms with van der Waals surface area (Å²) in [7, 11) is 1.46. The second-order valence-electron chi connectivity index (χ2n) is 3.08. The van der Waals surface area contributed by atoms with Crippen LogP contribution in [-0.4, -0.2) is 19.0 Å². The molecule has 0 radical (unpaired) electrons. The molecule has 0 atom stereocenters. The lowest BCUT2D eigenvalue weighted by Crippen LogP contribution is -1.87. The summed E-state index contributed by atoms with van der Waals surface area (Å²) >= 11 is 0. The van der Waals surface area contributed by atoms with Crippen molar-refractivity contribution in [3.63, 3.8) is 0 Å². The van der Waals surface area contributed by atoms with E-state index in [4.69, 9.17) is 5.11 Å². The summed E-state index contributed by atoms with van der Waals surface area (Å²) < 4.78 is 0. The zero-order valence-electron chi connectivity index (χ0n) is 9.10. The molecule has 12 heavy (non-hydrogen) atoms. The van der Waals surface area contributed by atoms with Crippen molar-refractivity contribution >= 4 is 7.28 Å². The lowest BCUT2D eigenvalue weighted by atomic mass is 9.68. The zero-order valence-corrected chi connectivity index (χ0v) is 9.10. The van der Waals surface area contributed by atoms with Crippen molar-refractivity contribution in [2.75, 3.05) is 6.61 Å². The summed E-state index contributed by atoms with van der Waals surface area (Å²) in [6.45, 7) is 6.46. The Morgan fingerprint density at radius 1 is 0.917 bits per heavy atom.